The molecule has 9 heteroatoms. The standard InChI is InChI=1S/C15H13N3O5S/c1-9-13(7-11(17(20)21)8-14(9)18(22)23)15(19)16-10-4-3-5-12(6-10)24-2/h3-8H,1-2H3,(H,16,19). The third kappa shape index (κ3) is 3.69. The number of thioether (sulfide) groups is 1. The van der Waals surface area contributed by atoms with Crippen molar-refractivity contribution in [3.63, 3.8) is 0 Å². The Hall–Kier alpha value is -2.94. The summed E-state index contributed by atoms with van der Waals surface area (Å²) >= 11 is 1.49. The molecule has 1 amide bonds. The first kappa shape index (κ1) is 17.4. The number of nitrogens with one attached hydrogen (secondary N) is 1. The number of anilines is 1. The van der Waals surface area contributed by atoms with E-state index in [2.05, 4.69) is 5.32 Å². The van der Waals surface area contributed by atoms with Gasteiger partial charge in [0.2, 0.25) is 0 Å². The van der Waals surface area contributed by atoms with Gasteiger partial charge >= 0.3 is 0 Å². The highest BCUT2D eigenvalue weighted by Gasteiger charge is 2.24. The second-order valence-electron chi connectivity index (χ2n) is 4.84. The van der Waals surface area contributed by atoms with E-state index >= 15 is 0 Å². The van der Waals surface area contributed by atoms with Crippen molar-refractivity contribution in [1.82, 2.24) is 0 Å². The van der Waals surface area contributed by atoms with E-state index in [9.17, 15) is 25.0 Å². The van der Waals surface area contributed by atoms with E-state index in [-0.39, 0.29) is 11.1 Å². The molecule has 0 aromatic heterocycles. The first-order valence-electron chi connectivity index (χ1n) is 6.72. The largest absolute Gasteiger partial charge is 0.322 e. The van der Waals surface area contributed by atoms with Gasteiger partial charge in [-0.2, -0.15) is 0 Å². The predicted octanol–water partition coefficient (Wildman–Crippen LogP) is 3.79. The maximum absolute atomic E-state index is 12.4. The summed E-state index contributed by atoms with van der Waals surface area (Å²) in [7, 11) is 0. The van der Waals surface area contributed by atoms with E-state index in [1.807, 2.05) is 12.3 Å². The van der Waals surface area contributed by atoms with Gasteiger partial charge in [0.05, 0.1) is 21.5 Å². The zero-order valence-electron chi connectivity index (χ0n) is 12.8. The van der Waals surface area contributed by atoms with Crippen LogP contribution in [0.25, 0.3) is 0 Å². The Balaban J connectivity index is 2.44. The van der Waals surface area contributed by atoms with Crippen LogP contribution in [0.3, 0.4) is 0 Å². The number of carbonyl (C=O) groups excluding carboxylic acids is 1. The minimum atomic E-state index is -0.766. The molecule has 0 heterocycles. The molecule has 0 atom stereocenters. The number of nitro groups is 2. The van der Waals surface area contributed by atoms with Crippen LogP contribution >= 0.6 is 11.8 Å². The van der Waals surface area contributed by atoms with Crippen molar-refractivity contribution < 1.29 is 14.6 Å². The van der Waals surface area contributed by atoms with E-state index < -0.39 is 27.1 Å². The van der Waals surface area contributed by atoms with Crippen molar-refractivity contribution >= 4 is 34.7 Å². The van der Waals surface area contributed by atoms with Crippen LogP contribution in [0.2, 0.25) is 0 Å². The summed E-state index contributed by atoms with van der Waals surface area (Å²) in [5.41, 5.74) is -0.502. The molecule has 2 aromatic carbocycles. The second kappa shape index (κ2) is 7.09. The number of rotatable bonds is 5. The number of nitro benzene ring substituents is 2. The maximum atomic E-state index is 12.4. The predicted molar refractivity (Wildman–Crippen MR) is 90.7 cm³/mol. The lowest BCUT2D eigenvalue weighted by atomic mass is 10.0. The van der Waals surface area contributed by atoms with Crippen LogP contribution in [-0.4, -0.2) is 22.0 Å². The van der Waals surface area contributed by atoms with Gasteiger partial charge in [0, 0.05) is 22.2 Å². The van der Waals surface area contributed by atoms with E-state index in [4.69, 9.17) is 0 Å². The first-order valence-corrected chi connectivity index (χ1v) is 7.94. The van der Waals surface area contributed by atoms with Crippen molar-refractivity contribution in [1.29, 1.82) is 0 Å². The highest BCUT2D eigenvalue weighted by atomic mass is 32.2. The molecule has 0 aliphatic heterocycles. The monoisotopic (exact) mass is 347 g/mol. The van der Waals surface area contributed by atoms with Gasteiger partial charge in [0.1, 0.15) is 0 Å². The van der Waals surface area contributed by atoms with Gasteiger partial charge in [-0.3, -0.25) is 25.0 Å². The third-order valence-electron chi connectivity index (χ3n) is 3.34. The Bertz CT molecular complexity index is 838. The van der Waals surface area contributed by atoms with Gasteiger partial charge in [-0.25, -0.2) is 0 Å². The number of non-ortho nitro benzene ring substituents is 1. The second-order valence-corrected chi connectivity index (χ2v) is 5.72. The summed E-state index contributed by atoms with van der Waals surface area (Å²) in [6.45, 7) is 1.38. The zero-order chi connectivity index (χ0) is 17.9. The maximum Gasteiger partial charge on any atom is 0.279 e. The molecule has 0 aliphatic carbocycles. The van der Waals surface area contributed by atoms with Crippen molar-refractivity contribution in [3.05, 3.63) is 67.8 Å². The number of amides is 1. The summed E-state index contributed by atoms with van der Waals surface area (Å²) in [5, 5.41) is 24.6. The number of carbonyl (C=O) groups is 1. The van der Waals surface area contributed by atoms with Crippen LogP contribution in [0.4, 0.5) is 17.1 Å². The molecular weight excluding hydrogens is 334 g/mol. The minimum Gasteiger partial charge on any atom is -0.322 e. The van der Waals surface area contributed by atoms with Crippen molar-refractivity contribution in [2.45, 2.75) is 11.8 Å². The lowest BCUT2D eigenvalue weighted by Gasteiger charge is -2.09. The molecule has 2 aromatic rings. The highest BCUT2D eigenvalue weighted by Crippen LogP contribution is 2.29. The molecule has 0 radical (unpaired) electrons. The van der Waals surface area contributed by atoms with Crippen LogP contribution in [0.1, 0.15) is 15.9 Å². The number of hydrogen-bond donors (Lipinski definition) is 1. The van der Waals surface area contributed by atoms with Gasteiger partial charge in [0.15, 0.2) is 0 Å². The first-order chi connectivity index (χ1) is 11.3. The lowest BCUT2D eigenvalue weighted by Crippen LogP contribution is -2.14. The molecule has 0 saturated heterocycles. The Morgan fingerprint density at radius 3 is 2.42 bits per heavy atom. The third-order valence-corrected chi connectivity index (χ3v) is 4.07. The molecule has 1 N–H and O–H groups in total. The number of nitrogens with zero attached hydrogens (tertiary/aromatic N) is 2. The smallest absolute Gasteiger partial charge is 0.279 e. The van der Waals surface area contributed by atoms with E-state index in [1.165, 1.54) is 18.7 Å². The lowest BCUT2D eigenvalue weighted by molar-refractivity contribution is -0.394. The van der Waals surface area contributed by atoms with Crippen molar-refractivity contribution in [3.8, 4) is 0 Å². The van der Waals surface area contributed by atoms with Crippen LogP contribution < -0.4 is 5.32 Å². The van der Waals surface area contributed by atoms with Gasteiger partial charge in [0.25, 0.3) is 17.3 Å². The van der Waals surface area contributed by atoms with E-state index in [0.717, 1.165) is 17.0 Å². The molecular formula is C15H13N3O5S. The Labute approximate surface area is 141 Å². The molecule has 0 fully saturated rings. The van der Waals surface area contributed by atoms with Gasteiger partial charge in [-0.15, -0.1) is 11.8 Å². The minimum absolute atomic E-state index is 0.0733. The summed E-state index contributed by atoms with van der Waals surface area (Å²) in [5.74, 6) is -0.641. The molecule has 0 unspecified atom stereocenters. The summed E-state index contributed by atoms with van der Waals surface area (Å²) in [6.07, 6.45) is 1.88. The average molecular weight is 347 g/mol. The van der Waals surface area contributed by atoms with Crippen LogP contribution in [-0.2, 0) is 0 Å². The topological polar surface area (TPSA) is 115 Å². The SMILES string of the molecule is CSc1cccc(NC(=O)c2cc([N+](=O)[O-])cc([N+](=O)[O-])c2C)c1. The van der Waals surface area contributed by atoms with Crippen molar-refractivity contribution in [2.75, 3.05) is 11.6 Å². The summed E-state index contributed by atoms with van der Waals surface area (Å²) in [6, 6.07) is 8.91. The van der Waals surface area contributed by atoms with Crippen molar-refractivity contribution in [2.24, 2.45) is 0 Å². The molecule has 0 saturated carbocycles. The van der Waals surface area contributed by atoms with Gasteiger partial charge < -0.3 is 5.32 Å². The van der Waals surface area contributed by atoms with E-state index in [1.54, 1.807) is 18.2 Å². The fraction of sp³-hybridized carbons (Fsp3) is 0.133. The average Bonchev–Trinajstić information content (AvgIpc) is 2.54. The number of benzene rings is 2. The number of hydrogen-bond acceptors (Lipinski definition) is 6. The quantitative estimate of drug-likeness (QED) is 0.500. The van der Waals surface area contributed by atoms with Crippen LogP contribution in [0.15, 0.2) is 41.3 Å². The molecule has 24 heavy (non-hydrogen) atoms. The molecule has 124 valence electrons. The summed E-state index contributed by atoms with van der Waals surface area (Å²) in [4.78, 5) is 33.9. The normalized spacial score (nSPS) is 10.2. The molecule has 8 nitrogen and oxygen atoms in total. The molecule has 0 spiro atoms. The van der Waals surface area contributed by atoms with Crippen LogP contribution in [0.5, 0.6) is 0 Å². The Kier molecular flexibility index (Phi) is 5.14. The molecule has 0 bridgehead atoms. The fourth-order valence-corrected chi connectivity index (χ4v) is 2.57. The summed E-state index contributed by atoms with van der Waals surface area (Å²) < 4.78 is 0. The molecule has 2 rings (SSSR count). The fourth-order valence-electron chi connectivity index (χ4n) is 2.11. The van der Waals surface area contributed by atoms with Crippen LogP contribution in [0, 0.1) is 27.2 Å². The zero-order valence-corrected chi connectivity index (χ0v) is 13.6. The van der Waals surface area contributed by atoms with E-state index in [0.29, 0.717) is 5.69 Å². The van der Waals surface area contributed by atoms with Gasteiger partial charge in [-0.1, -0.05) is 6.07 Å². The molecule has 0 aliphatic rings. The Morgan fingerprint density at radius 2 is 1.83 bits per heavy atom. The Morgan fingerprint density at radius 1 is 1.12 bits per heavy atom. The van der Waals surface area contributed by atoms with Gasteiger partial charge in [-0.05, 0) is 31.4 Å². The highest BCUT2D eigenvalue weighted by molar-refractivity contribution is 7.98.